The van der Waals surface area contributed by atoms with Crippen LogP contribution in [0.15, 0.2) is 260 Å². The molecule has 23 heterocycles. The molecule has 1 aliphatic carbocycles. The highest BCUT2D eigenvalue weighted by molar-refractivity contribution is 6.02. The third-order valence-corrected chi connectivity index (χ3v) is 24.4. The second kappa shape index (κ2) is 38.5. The van der Waals surface area contributed by atoms with Crippen LogP contribution < -0.4 is 21.7 Å². The number of nitrogens with zero attached hydrogens (tertiary/aromatic N) is 22. The van der Waals surface area contributed by atoms with Gasteiger partial charge in [0.1, 0.15) is 45.1 Å². The summed E-state index contributed by atoms with van der Waals surface area (Å²) < 4.78 is 30.3. The van der Waals surface area contributed by atoms with Gasteiger partial charge in [-0.25, -0.2) is 44.3 Å². The lowest BCUT2D eigenvalue weighted by atomic mass is 10.1. The highest BCUT2D eigenvalue weighted by Crippen LogP contribution is 2.40. The van der Waals surface area contributed by atoms with Crippen LogP contribution in [0.3, 0.4) is 0 Å². The van der Waals surface area contributed by atoms with Crippen molar-refractivity contribution in [3.05, 3.63) is 263 Å². The number of likely N-dealkylation sites (N-methyl/N-ethyl adjacent to an activating group) is 1. The van der Waals surface area contributed by atoms with E-state index in [1.54, 1.807) is 106 Å². The molecule has 0 spiro atoms. The van der Waals surface area contributed by atoms with E-state index in [0.717, 1.165) is 198 Å². The van der Waals surface area contributed by atoms with Crippen molar-refractivity contribution in [1.82, 2.24) is 156 Å². The number of aromatic amines is 8. The fourth-order valence-corrected chi connectivity index (χ4v) is 17.6. The summed E-state index contributed by atoms with van der Waals surface area (Å²) in [6.45, 7) is 8.42. The van der Waals surface area contributed by atoms with Crippen molar-refractivity contribution in [1.29, 1.82) is 0 Å². The number of rotatable bonds is 24. The van der Waals surface area contributed by atoms with Crippen molar-refractivity contribution in [2.45, 2.75) is 58.7 Å². The number of nitrogens with two attached hydrogens (primary N) is 1. The molecule has 0 radical (unpaired) electrons. The summed E-state index contributed by atoms with van der Waals surface area (Å²) >= 11 is 0. The molecule has 1 fully saturated rings. The molecule has 0 amide bonds. The number of benzene rings is 1. The monoisotopic (exact) mass is 1870 g/mol. The van der Waals surface area contributed by atoms with E-state index in [2.05, 4.69) is 197 Å². The Morgan fingerprint density at radius 2 is 0.766 bits per heavy atom. The standard InChI is InChI=1S/C28H26N8O.C27H25FN10.2C24H20N8O/c1-2-4-17(3-1)9-29-10-18-7-20(12-30-11-18)21-8-22-26(35-36-27(22)32-13-21)28-33-24-15-31-14-23(25(24)34-28)19-5-6-37-16-19;1-38(2)4-3-32-20-7-15(5-18(28)9-20)22-13-31-14-23-24(22)35-27(34-23)25-21-8-17(11-33-26(21)37-36-25)16-6-19(29)12-30-10-16;1-32(2)12-14-5-16(8-25-7-14)17-6-18-22(30-31-23(18)27-9-17)24-28-20-11-26-10-19(21(20)29-24)15-3-4-33-13-15;1-13(2)28-17-5-15(7-25-9-17)16-6-18-22(31-32-23(18)27-8-16)24-29-20-11-26-10-19(21(20)30-24)14-3-4-33-12-14/h5-8,11-17,29H,1-4,9-10H2,(H,33,34)(H,32,35,36);5-14,32H,3-4,29H2,1-2H3,(H,34,35)(H,33,36,37);3-11,13H,12H2,1-2H3,(H,28,29)(H,27,30,31);3-13,28H,1-2H3,(H,29,30)(H,27,31,32). The number of halogens is 1. The Kier molecular flexibility index (Phi) is 24.1. The minimum absolute atomic E-state index is 0.317. The second-order valence-corrected chi connectivity index (χ2v) is 35.4. The zero-order valence-electron chi connectivity index (χ0n) is 77.1. The normalized spacial score (nSPS) is 12.3. The molecule has 23 aromatic heterocycles. The predicted octanol–water partition coefficient (Wildman–Crippen LogP) is 19.1. The van der Waals surface area contributed by atoms with Crippen LogP contribution in [0.25, 0.3) is 223 Å². The molecule has 0 aliphatic heterocycles. The van der Waals surface area contributed by atoms with Crippen LogP contribution in [0.1, 0.15) is 50.7 Å². The van der Waals surface area contributed by atoms with Gasteiger partial charge in [0.05, 0.1) is 123 Å². The van der Waals surface area contributed by atoms with E-state index >= 15 is 0 Å². The molecule has 0 atom stereocenters. The molecule has 13 N–H and O–H groups in total. The first-order valence-electron chi connectivity index (χ1n) is 45.7. The van der Waals surface area contributed by atoms with E-state index in [4.69, 9.17) is 38.9 Å². The minimum atomic E-state index is -0.336. The van der Waals surface area contributed by atoms with E-state index < -0.39 is 0 Å². The first-order chi connectivity index (χ1) is 69.1. The molecule has 38 heteroatoms. The van der Waals surface area contributed by atoms with Crippen molar-refractivity contribution in [3.8, 4) is 135 Å². The number of imidazole rings is 4. The Hall–Kier alpha value is -18.2. The number of fused-ring (bicyclic) bond motifs is 8. The van der Waals surface area contributed by atoms with Crippen LogP contribution in [-0.4, -0.2) is 204 Å². The van der Waals surface area contributed by atoms with E-state index in [1.807, 2.05) is 120 Å². The van der Waals surface area contributed by atoms with Gasteiger partial charge in [0, 0.05) is 221 Å². The summed E-state index contributed by atoms with van der Waals surface area (Å²) in [5.41, 5.74) is 36.7. The lowest BCUT2D eigenvalue weighted by Crippen LogP contribution is -2.20. The molecule has 0 saturated heterocycles. The van der Waals surface area contributed by atoms with Gasteiger partial charge in [-0.1, -0.05) is 12.8 Å². The van der Waals surface area contributed by atoms with Crippen molar-refractivity contribution in [2.24, 2.45) is 5.92 Å². The van der Waals surface area contributed by atoms with Crippen molar-refractivity contribution >= 4 is 105 Å². The first-order valence-corrected chi connectivity index (χ1v) is 45.7. The quantitative estimate of drug-likeness (QED) is 0.0267. The number of nitrogens with one attached hydrogen (secondary N) is 11. The number of hydrogen-bond donors (Lipinski definition) is 12. The fourth-order valence-electron chi connectivity index (χ4n) is 17.6. The number of H-pyrrole nitrogens is 8. The van der Waals surface area contributed by atoms with Crippen molar-refractivity contribution in [2.75, 3.05) is 64.2 Å². The van der Waals surface area contributed by atoms with Gasteiger partial charge in [-0.2, -0.15) is 20.4 Å². The summed E-state index contributed by atoms with van der Waals surface area (Å²) in [5, 5.41) is 43.6. The summed E-state index contributed by atoms with van der Waals surface area (Å²) in [4.78, 5) is 90.2. The maximum Gasteiger partial charge on any atom is 0.181 e. The van der Waals surface area contributed by atoms with E-state index in [0.29, 0.717) is 92.2 Å². The van der Waals surface area contributed by atoms with Gasteiger partial charge >= 0.3 is 0 Å². The number of furan rings is 3. The van der Waals surface area contributed by atoms with Gasteiger partial charge in [-0.3, -0.25) is 60.3 Å². The summed E-state index contributed by atoms with van der Waals surface area (Å²) in [6.07, 6.45) is 51.2. The van der Waals surface area contributed by atoms with Gasteiger partial charge in [-0.05, 0) is 169 Å². The molecule has 1 aliphatic rings. The molecule has 0 bridgehead atoms. The minimum Gasteiger partial charge on any atom is -0.472 e. The van der Waals surface area contributed by atoms with Gasteiger partial charge in [0.25, 0.3) is 0 Å². The van der Waals surface area contributed by atoms with E-state index in [9.17, 15) is 4.39 Å². The van der Waals surface area contributed by atoms with Crippen LogP contribution in [0.5, 0.6) is 0 Å². The zero-order valence-corrected chi connectivity index (χ0v) is 77.1. The largest absolute Gasteiger partial charge is 0.472 e. The average Bonchev–Trinajstić information content (AvgIpc) is 1.63. The Morgan fingerprint density at radius 1 is 0.390 bits per heavy atom. The summed E-state index contributed by atoms with van der Waals surface area (Å²) in [7, 11) is 8.07. The van der Waals surface area contributed by atoms with Crippen LogP contribution in [0, 0.1) is 11.7 Å². The van der Waals surface area contributed by atoms with Crippen LogP contribution in [-0.2, 0) is 13.1 Å². The summed E-state index contributed by atoms with van der Waals surface area (Å²) in [5.74, 6) is 3.06. The summed E-state index contributed by atoms with van der Waals surface area (Å²) in [6, 6.07) is 27.3. The fraction of sp³-hybridized carbons (Fsp3) is 0.165. The lowest BCUT2D eigenvalue weighted by molar-refractivity contribution is 0.402. The molecule has 37 nitrogen and oxygen atoms in total. The number of anilines is 3. The van der Waals surface area contributed by atoms with Gasteiger partial charge < -0.3 is 64.7 Å². The van der Waals surface area contributed by atoms with Gasteiger partial charge in [0.15, 0.2) is 45.9 Å². The Bertz CT molecular complexity index is 8350. The Morgan fingerprint density at radius 3 is 1.17 bits per heavy atom. The molecular formula is C103H91FN34O3. The topological polar surface area (TPSA) is 492 Å². The maximum atomic E-state index is 14.6. The Labute approximate surface area is 801 Å². The van der Waals surface area contributed by atoms with E-state index in [-0.39, 0.29) is 5.82 Å². The molecule has 0 unspecified atom stereocenters. The van der Waals surface area contributed by atoms with Crippen molar-refractivity contribution < 1.29 is 17.6 Å². The van der Waals surface area contributed by atoms with Crippen LogP contribution in [0.2, 0.25) is 0 Å². The molecule has 24 aromatic rings. The molecular weight excluding hydrogens is 1780 g/mol. The Balaban J connectivity index is 0.000000108. The smallest absolute Gasteiger partial charge is 0.181 e. The van der Waals surface area contributed by atoms with Gasteiger partial charge in [0.2, 0.25) is 0 Å². The number of pyridine rings is 12. The molecule has 25 rings (SSSR count). The molecule has 1 aromatic carbocycles. The molecule has 698 valence electrons. The predicted molar refractivity (Wildman–Crippen MR) is 540 cm³/mol. The zero-order chi connectivity index (χ0) is 95.6. The van der Waals surface area contributed by atoms with Gasteiger partial charge in [-0.15, -0.1) is 0 Å². The maximum absolute atomic E-state index is 14.6. The number of nitrogen functional groups attached to an aromatic ring is 1. The van der Waals surface area contributed by atoms with E-state index in [1.165, 1.54) is 43.4 Å². The third kappa shape index (κ3) is 18.7. The number of aromatic nitrogens is 28. The number of hydrogen-bond acceptors (Lipinski definition) is 29. The highest BCUT2D eigenvalue weighted by atomic mass is 19.1. The van der Waals surface area contributed by atoms with Crippen LogP contribution >= 0.6 is 0 Å². The highest BCUT2D eigenvalue weighted by Gasteiger charge is 2.25. The molecule has 141 heavy (non-hydrogen) atoms. The second-order valence-electron chi connectivity index (χ2n) is 35.4. The van der Waals surface area contributed by atoms with Crippen molar-refractivity contribution in [3.63, 3.8) is 0 Å². The molecule has 1 saturated carbocycles. The third-order valence-electron chi connectivity index (χ3n) is 24.4. The average molecular weight is 1870 g/mol. The van der Waals surface area contributed by atoms with Crippen LogP contribution in [0.4, 0.5) is 21.5 Å². The SMILES string of the molecule is CC(C)Nc1cncc(-c2cnc3n[nH]c(-c4nc5c(-c6ccoc6)cncc5[nH]4)c3c2)c1.CN(C)CCNc1cc(F)cc(-c2cncc3[nH]c(-c4[nH]nc5ncc(-c6cncc(N)c6)cc45)nc23)c1.CN(C)Cc1cncc(-c2cnc3n[nH]c(-c4nc5c(-c6ccoc6)cncc5[nH]4)c3c2)c1.c1cc(-c2cncc3[nH]c(-c4[nH]nc5ncc(-c6cncc(CNCC7CCCC7)c6)cc45)nc23)co1. The lowest BCUT2D eigenvalue weighted by Gasteiger charge is -2.12. The first kappa shape index (κ1) is 88.1.